The average Bonchev–Trinajstić information content (AvgIpc) is 2.80. The maximum Gasteiger partial charge on any atom is 0.128 e. The number of halogens is 1. The Balaban J connectivity index is 2.11. The molecule has 0 saturated heterocycles. The second-order valence-electron chi connectivity index (χ2n) is 4.01. The number of aromatic nitrogens is 1. The van der Waals surface area contributed by atoms with Gasteiger partial charge in [-0.15, -0.1) is 0 Å². The van der Waals surface area contributed by atoms with Gasteiger partial charge in [-0.25, -0.2) is 4.98 Å². The van der Waals surface area contributed by atoms with E-state index in [2.05, 4.69) is 37.9 Å². The third-order valence-electron chi connectivity index (χ3n) is 3.03. The first-order valence-electron chi connectivity index (χ1n) is 5.65. The number of hydrogen-bond donors (Lipinski definition) is 0. The summed E-state index contributed by atoms with van der Waals surface area (Å²) in [5.74, 6) is 1.13. The van der Waals surface area contributed by atoms with Crippen molar-refractivity contribution in [1.29, 1.82) is 0 Å². The highest BCUT2D eigenvalue weighted by Crippen LogP contribution is 2.26. The summed E-state index contributed by atoms with van der Waals surface area (Å²) in [6, 6.07) is 6.86. The van der Waals surface area contributed by atoms with E-state index < -0.39 is 0 Å². The van der Waals surface area contributed by atoms with Gasteiger partial charge >= 0.3 is 0 Å². The first kappa shape index (κ1) is 10.9. The van der Waals surface area contributed by atoms with Crippen LogP contribution in [0.2, 0.25) is 0 Å². The van der Waals surface area contributed by atoms with Gasteiger partial charge in [0.05, 0.1) is 0 Å². The van der Waals surface area contributed by atoms with Gasteiger partial charge in [0.25, 0.3) is 0 Å². The molecule has 0 bridgehead atoms. The van der Waals surface area contributed by atoms with Crippen molar-refractivity contribution in [2.24, 2.45) is 0 Å². The minimum atomic E-state index is 0.706. The molecule has 1 saturated carbocycles. The molecule has 1 aromatic rings. The van der Waals surface area contributed by atoms with Crippen molar-refractivity contribution in [2.45, 2.75) is 31.7 Å². The number of pyridine rings is 1. The van der Waals surface area contributed by atoms with Gasteiger partial charge in [0.1, 0.15) is 5.82 Å². The molecule has 2 nitrogen and oxygen atoms in total. The van der Waals surface area contributed by atoms with Crippen molar-refractivity contribution in [2.75, 3.05) is 16.8 Å². The van der Waals surface area contributed by atoms with Crippen molar-refractivity contribution in [3.8, 4) is 0 Å². The van der Waals surface area contributed by atoms with Crippen LogP contribution < -0.4 is 4.90 Å². The average molecular weight is 269 g/mol. The predicted octanol–water partition coefficient (Wildman–Crippen LogP) is 3.23. The molecule has 3 heteroatoms. The topological polar surface area (TPSA) is 16.1 Å². The standard InChI is InChI=1S/C12H17BrN2/c13-8-10-15(11-5-1-2-6-11)12-7-3-4-9-14-12/h3-4,7,9,11H,1-2,5-6,8,10H2. The summed E-state index contributed by atoms with van der Waals surface area (Å²) in [6.45, 7) is 1.06. The smallest absolute Gasteiger partial charge is 0.128 e. The Hall–Kier alpha value is -0.570. The molecule has 0 atom stereocenters. The van der Waals surface area contributed by atoms with Crippen LogP contribution in [0.5, 0.6) is 0 Å². The summed E-state index contributed by atoms with van der Waals surface area (Å²) >= 11 is 3.52. The SMILES string of the molecule is BrCCN(c1ccccn1)C1CCCC1. The van der Waals surface area contributed by atoms with Gasteiger partial charge in [-0.05, 0) is 25.0 Å². The molecule has 1 aliphatic rings. The zero-order chi connectivity index (χ0) is 10.5. The Bertz CT molecular complexity index is 283. The zero-order valence-electron chi connectivity index (χ0n) is 8.90. The summed E-state index contributed by atoms with van der Waals surface area (Å²) in [5, 5.41) is 1.01. The van der Waals surface area contributed by atoms with E-state index in [9.17, 15) is 0 Å². The summed E-state index contributed by atoms with van der Waals surface area (Å²) in [4.78, 5) is 6.89. The number of alkyl halides is 1. The van der Waals surface area contributed by atoms with Crippen LogP contribution in [0.1, 0.15) is 25.7 Å². The lowest BCUT2D eigenvalue weighted by Gasteiger charge is -2.29. The molecule has 1 aliphatic carbocycles. The molecule has 1 fully saturated rings. The molecule has 0 aliphatic heterocycles. The third-order valence-corrected chi connectivity index (χ3v) is 3.39. The second-order valence-corrected chi connectivity index (χ2v) is 4.80. The Morgan fingerprint density at radius 1 is 1.33 bits per heavy atom. The Morgan fingerprint density at radius 3 is 2.73 bits per heavy atom. The van der Waals surface area contributed by atoms with Crippen LogP contribution in [0.15, 0.2) is 24.4 Å². The highest BCUT2D eigenvalue weighted by Gasteiger charge is 2.22. The summed E-state index contributed by atoms with van der Waals surface area (Å²) < 4.78 is 0. The predicted molar refractivity (Wildman–Crippen MR) is 67.6 cm³/mol. The molecule has 0 amide bonds. The van der Waals surface area contributed by atoms with Crippen LogP contribution in [-0.2, 0) is 0 Å². The summed E-state index contributed by atoms with van der Waals surface area (Å²) in [7, 11) is 0. The minimum absolute atomic E-state index is 0.706. The van der Waals surface area contributed by atoms with Gasteiger partial charge in [0, 0.05) is 24.1 Å². The lowest BCUT2D eigenvalue weighted by molar-refractivity contribution is 0.616. The van der Waals surface area contributed by atoms with Crippen LogP contribution >= 0.6 is 15.9 Å². The lowest BCUT2D eigenvalue weighted by Crippen LogP contribution is -2.35. The van der Waals surface area contributed by atoms with E-state index in [1.807, 2.05) is 12.3 Å². The van der Waals surface area contributed by atoms with Gasteiger partial charge in [0.15, 0.2) is 0 Å². The second kappa shape index (κ2) is 5.50. The summed E-state index contributed by atoms with van der Waals surface area (Å²) in [6.07, 6.45) is 7.27. The van der Waals surface area contributed by atoms with Gasteiger partial charge in [-0.2, -0.15) is 0 Å². The van der Waals surface area contributed by atoms with E-state index >= 15 is 0 Å². The third kappa shape index (κ3) is 2.71. The van der Waals surface area contributed by atoms with E-state index in [0.717, 1.165) is 17.7 Å². The maximum absolute atomic E-state index is 4.45. The molecule has 0 unspecified atom stereocenters. The first-order chi connectivity index (χ1) is 7.42. The Labute approximate surface area is 99.8 Å². The molecule has 1 heterocycles. The van der Waals surface area contributed by atoms with Crippen LogP contribution in [-0.4, -0.2) is 22.9 Å². The molecule has 0 radical (unpaired) electrons. The van der Waals surface area contributed by atoms with Gasteiger partial charge < -0.3 is 4.90 Å². The van der Waals surface area contributed by atoms with Gasteiger partial charge in [-0.3, -0.25) is 0 Å². The molecular weight excluding hydrogens is 252 g/mol. The highest BCUT2D eigenvalue weighted by atomic mass is 79.9. The minimum Gasteiger partial charge on any atom is -0.353 e. The molecule has 0 aromatic carbocycles. The lowest BCUT2D eigenvalue weighted by atomic mass is 10.2. The Morgan fingerprint density at radius 2 is 2.13 bits per heavy atom. The fourth-order valence-electron chi connectivity index (χ4n) is 2.31. The van der Waals surface area contributed by atoms with E-state index in [0.29, 0.717) is 6.04 Å². The van der Waals surface area contributed by atoms with Crippen molar-refractivity contribution in [3.63, 3.8) is 0 Å². The molecule has 0 N–H and O–H groups in total. The van der Waals surface area contributed by atoms with Crippen molar-refractivity contribution < 1.29 is 0 Å². The Kier molecular flexibility index (Phi) is 4.01. The fourth-order valence-corrected chi connectivity index (χ4v) is 2.70. The number of anilines is 1. The normalized spacial score (nSPS) is 16.9. The molecule has 82 valence electrons. The molecule has 0 spiro atoms. The molecule has 15 heavy (non-hydrogen) atoms. The van der Waals surface area contributed by atoms with E-state index in [1.165, 1.54) is 25.7 Å². The fraction of sp³-hybridized carbons (Fsp3) is 0.583. The number of rotatable bonds is 4. The van der Waals surface area contributed by atoms with Crippen molar-refractivity contribution >= 4 is 21.7 Å². The zero-order valence-corrected chi connectivity index (χ0v) is 10.5. The first-order valence-corrected chi connectivity index (χ1v) is 6.77. The monoisotopic (exact) mass is 268 g/mol. The van der Waals surface area contributed by atoms with E-state index in [-0.39, 0.29) is 0 Å². The maximum atomic E-state index is 4.45. The number of hydrogen-bond acceptors (Lipinski definition) is 2. The van der Waals surface area contributed by atoms with E-state index in [4.69, 9.17) is 0 Å². The quantitative estimate of drug-likeness (QED) is 0.780. The van der Waals surface area contributed by atoms with Crippen LogP contribution in [0.3, 0.4) is 0 Å². The van der Waals surface area contributed by atoms with Gasteiger partial charge in [-0.1, -0.05) is 34.8 Å². The molecule has 1 aromatic heterocycles. The van der Waals surface area contributed by atoms with Crippen molar-refractivity contribution in [1.82, 2.24) is 4.98 Å². The summed E-state index contributed by atoms with van der Waals surface area (Å²) in [5.41, 5.74) is 0. The van der Waals surface area contributed by atoms with Crippen LogP contribution in [0, 0.1) is 0 Å². The van der Waals surface area contributed by atoms with Crippen LogP contribution in [0.25, 0.3) is 0 Å². The molecular formula is C12H17BrN2. The van der Waals surface area contributed by atoms with Crippen LogP contribution in [0.4, 0.5) is 5.82 Å². The van der Waals surface area contributed by atoms with Gasteiger partial charge in [0.2, 0.25) is 0 Å². The number of nitrogens with zero attached hydrogens (tertiary/aromatic N) is 2. The highest BCUT2D eigenvalue weighted by molar-refractivity contribution is 9.09. The largest absolute Gasteiger partial charge is 0.353 e. The van der Waals surface area contributed by atoms with E-state index in [1.54, 1.807) is 0 Å². The molecule has 2 rings (SSSR count). The van der Waals surface area contributed by atoms with Crippen molar-refractivity contribution in [3.05, 3.63) is 24.4 Å².